The molecular weight excluding hydrogens is 248 g/mol. The second-order valence-corrected chi connectivity index (χ2v) is 7.19. The SMILES string of the molecule is CCOC1CCCN(C2(CN)CCCC(C(C)C)C2)C1. The van der Waals surface area contributed by atoms with Gasteiger partial charge in [0, 0.05) is 25.2 Å². The lowest BCUT2D eigenvalue weighted by atomic mass is 9.70. The third-order valence-electron chi connectivity index (χ3n) is 5.63. The Hall–Kier alpha value is -0.120. The fourth-order valence-electron chi connectivity index (χ4n) is 4.30. The first-order valence-electron chi connectivity index (χ1n) is 8.68. The minimum Gasteiger partial charge on any atom is -0.377 e. The number of nitrogens with zero attached hydrogens (tertiary/aromatic N) is 1. The number of likely N-dealkylation sites (tertiary alicyclic amines) is 1. The van der Waals surface area contributed by atoms with E-state index in [2.05, 4.69) is 25.7 Å². The summed E-state index contributed by atoms with van der Waals surface area (Å²) in [5.74, 6) is 1.63. The smallest absolute Gasteiger partial charge is 0.0702 e. The maximum atomic E-state index is 6.27. The van der Waals surface area contributed by atoms with E-state index >= 15 is 0 Å². The molecule has 1 heterocycles. The zero-order valence-corrected chi connectivity index (χ0v) is 13.7. The van der Waals surface area contributed by atoms with Gasteiger partial charge in [0.05, 0.1) is 6.10 Å². The molecule has 1 saturated carbocycles. The van der Waals surface area contributed by atoms with Gasteiger partial charge in [-0.05, 0) is 51.0 Å². The standard InChI is InChI=1S/C17H34N2O/c1-4-20-16-8-6-10-19(12-16)17(13-18)9-5-7-15(11-17)14(2)3/h14-16H,4-13,18H2,1-3H3. The maximum Gasteiger partial charge on any atom is 0.0702 e. The van der Waals surface area contributed by atoms with Crippen LogP contribution >= 0.6 is 0 Å². The van der Waals surface area contributed by atoms with Crippen molar-refractivity contribution in [2.75, 3.05) is 26.2 Å². The van der Waals surface area contributed by atoms with E-state index in [1.54, 1.807) is 0 Å². The van der Waals surface area contributed by atoms with Crippen LogP contribution in [0.4, 0.5) is 0 Å². The Labute approximate surface area is 125 Å². The van der Waals surface area contributed by atoms with Gasteiger partial charge in [0.15, 0.2) is 0 Å². The number of hydrogen-bond acceptors (Lipinski definition) is 3. The van der Waals surface area contributed by atoms with Crippen LogP contribution in [0.3, 0.4) is 0 Å². The van der Waals surface area contributed by atoms with Crippen molar-refractivity contribution in [3.8, 4) is 0 Å². The molecule has 3 unspecified atom stereocenters. The predicted molar refractivity (Wildman–Crippen MR) is 84.8 cm³/mol. The van der Waals surface area contributed by atoms with Crippen molar-refractivity contribution >= 4 is 0 Å². The first-order chi connectivity index (χ1) is 9.61. The molecule has 0 radical (unpaired) electrons. The Kier molecular flexibility index (Phi) is 5.88. The van der Waals surface area contributed by atoms with E-state index in [9.17, 15) is 0 Å². The fourth-order valence-corrected chi connectivity index (χ4v) is 4.30. The molecule has 20 heavy (non-hydrogen) atoms. The molecule has 0 aromatic carbocycles. The van der Waals surface area contributed by atoms with Crippen LogP contribution in [-0.4, -0.2) is 42.8 Å². The van der Waals surface area contributed by atoms with Crippen LogP contribution in [0.25, 0.3) is 0 Å². The minimum atomic E-state index is 0.253. The van der Waals surface area contributed by atoms with Crippen LogP contribution in [0.15, 0.2) is 0 Å². The van der Waals surface area contributed by atoms with Crippen LogP contribution in [0.2, 0.25) is 0 Å². The highest BCUT2D eigenvalue weighted by Crippen LogP contribution is 2.40. The second-order valence-electron chi connectivity index (χ2n) is 7.19. The Balaban J connectivity index is 2.05. The van der Waals surface area contributed by atoms with E-state index in [1.807, 2.05) is 0 Å². The largest absolute Gasteiger partial charge is 0.377 e. The molecule has 0 aromatic heterocycles. The first-order valence-corrected chi connectivity index (χ1v) is 8.68. The lowest BCUT2D eigenvalue weighted by Gasteiger charge is -2.51. The highest BCUT2D eigenvalue weighted by Gasteiger charge is 2.42. The summed E-state index contributed by atoms with van der Waals surface area (Å²) in [6.45, 7) is 10.8. The summed E-state index contributed by atoms with van der Waals surface area (Å²) < 4.78 is 5.89. The summed E-state index contributed by atoms with van der Waals surface area (Å²) in [5.41, 5.74) is 6.52. The maximum absolute atomic E-state index is 6.27. The van der Waals surface area contributed by atoms with Crippen molar-refractivity contribution in [2.45, 2.75) is 70.9 Å². The molecule has 1 aliphatic heterocycles. The van der Waals surface area contributed by atoms with Gasteiger partial charge in [-0.3, -0.25) is 4.90 Å². The molecule has 2 N–H and O–H groups in total. The number of nitrogens with two attached hydrogens (primary N) is 1. The molecule has 118 valence electrons. The Bertz CT molecular complexity index is 293. The van der Waals surface area contributed by atoms with Crippen LogP contribution in [-0.2, 0) is 4.74 Å². The van der Waals surface area contributed by atoms with Crippen molar-refractivity contribution < 1.29 is 4.74 Å². The van der Waals surface area contributed by atoms with E-state index in [0.717, 1.165) is 31.5 Å². The van der Waals surface area contributed by atoms with Gasteiger partial charge >= 0.3 is 0 Å². The second kappa shape index (κ2) is 7.24. The lowest BCUT2D eigenvalue weighted by Crippen LogP contribution is -2.60. The first kappa shape index (κ1) is 16.3. The minimum absolute atomic E-state index is 0.253. The Morgan fingerprint density at radius 1 is 1.30 bits per heavy atom. The third kappa shape index (κ3) is 3.55. The van der Waals surface area contributed by atoms with Crippen molar-refractivity contribution in [2.24, 2.45) is 17.6 Å². The molecule has 1 saturated heterocycles. The molecule has 0 spiro atoms. The quantitative estimate of drug-likeness (QED) is 0.842. The average Bonchev–Trinajstić information content (AvgIpc) is 2.48. The van der Waals surface area contributed by atoms with Gasteiger partial charge in [-0.1, -0.05) is 26.7 Å². The summed E-state index contributed by atoms with van der Waals surface area (Å²) in [5, 5.41) is 0. The molecule has 2 aliphatic rings. The number of ether oxygens (including phenoxy) is 1. The Morgan fingerprint density at radius 3 is 2.75 bits per heavy atom. The van der Waals surface area contributed by atoms with E-state index in [-0.39, 0.29) is 5.54 Å². The summed E-state index contributed by atoms with van der Waals surface area (Å²) in [6.07, 6.45) is 8.22. The summed E-state index contributed by atoms with van der Waals surface area (Å²) >= 11 is 0. The fraction of sp³-hybridized carbons (Fsp3) is 1.00. The van der Waals surface area contributed by atoms with Gasteiger partial charge in [0.2, 0.25) is 0 Å². The van der Waals surface area contributed by atoms with Crippen LogP contribution in [0.5, 0.6) is 0 Å². The summed E-state index contributed by atoms with van der Waals surface area (Å²) in [4.78, 5) is 2.69. The van der Waals surface area contributed by atoms with Crippen molar-refractivity contribution in [3.05, 3.63) is 0 Å². The molecule has 2 fully saturated rings. The number of piperidine rings is 1. The molecule has 2 rings (SSSR count). The summed E-state index contributed by atoms with van der Waals surface area (Å²) in [6, 6.07) is 0. The van der Waals surface area contributed by atoms with Crippen molar-refractivity contribution in [1.82, 2.24) is 4.90 Å². The molecule has 0 aromatic rings. The van der Waals surface area contributed by atoms with Crippen LogP contribution in [0, 0.1) is 11.8 Å². The molecule has 3 nitrogen and oxygen atoms in total. The zero-order valence-electron chi connectivity index (χ0n) is 13.7. The van der Waals surface area contributed by atoms with Crippen molar-refractivity contribution in [1.29, 1.82) is 0 Å². The zero-order chi connectivity index (χ0) is 14.6. The number of hydrogen-bond donors (Lipinski definition) is 1. The normalized spacial score (nSPS) is 36.5. The van der Waals surface area contributed by atoms with Crippen LogP contribution < -0.4 is 5.73 Å². The van der Waals surface area contributed by atoms with Gasteiger partial charge in [0.1, 0.15) is 0 Å². The van der Waals surface area contributed by atoms with Gasteiger partial charge in [-0.2, -0.15) is 0 Å². The molecule has 1 aliphatic carbocycles. The number of rotatable bonds is 5. The summed E-state index contributed by atoms with van der Waals surface area (Å²) in [7, 11) is 0. The molecule has 0 bridgehead atoms. The highest BCUT2D eigenvalue weighted by molar-refractivity contribution is 4.99. The molecule has 3 heteroatoms. The van der Waals surface area contributed by atoms with E-state index in [4.69, 9.17) is 10.5 Å². The molecule has 0 amide bonds. The van der Waals surface area contributed by atoms with Gasteiger partial charge in [0.25, 0.3) is 0 Å². The van der Waals surface area contributed by atoms with Gasteiger partial charge < -0.3 is 10.5 Å². The average molecular weight is 282 g/mol. The Morgan fingerprint density at radius 2 is 2.10 bits per heavy atom. The van der Waals surface area contributed by atoms with Gasteiger partial charge in [-0.15, -0.1) is 0 Å². The van der Waals surface area contributed by atoms with Gasteiger partial charge in [-0.25, -0.2) is 0 Å². The monoisotopic (exact) mass is 282 g/mol. The lowest BCUT2D eigenvalue weighted by molar-refractivity contribution is -0.0529. The predicted octanol–water partition coefficient (Wildman–Crippen LogP) is 3.03. The third-order valence-corrected chi connectivity index (χ3v) is 5.63. The van der Waals surface area contributed by atoms with Crippen LogP contribution in [0.1, 0.15) is 59.3 Å². The van der Waals surface area contributed by atoms with Crippen molar-refractivity contribution in [3.63, 3.8) is 0 Å². The topological polar surface area (TPSA) is 38.5 Å². The molecule has 3 atom stereocenters. The van der Waals surface area contributed by atoms with E-state index < -0.39 is 0 Å². The highest BCUT2D eigenvalue weighted by atomic mass is 16.5. The van der Waals surface area contributed by atoms with E-state index in [1.165, 1.54) is 45.1 Å². The van der Waals surface area contributed by atoms with E-state index in [0.29, 0.717) is 6.10 Å². The molecular formula is C17H34N2O.